The maximum atomic E-state index is 5.87. The van der Waals surface area contributed by atoms with Crippen LogP contribution in [0.3, 0.4) is 0 Å². The Labute approximate surface area is 152 Å². The van der Waals surface area contributed by atoms with Crippen LogP contribution < -0.4 is 10.6 Å². The van der Waals surface area contributed by atoms with Crippen molar-refractivity contribution in [3.05, 3.63) is 0 Å². The standard InChI is InChI=1S/C16H32N4O.HI/c1-4-20(5-2)11-7-6-10-18-16(17-3)19-14-12-13-8-9-15(14)21-13;/h13-15H,4-12H2,1-3H3,(H2,17,18,19);1H. The van der Waals surface area contributed by atoms with E-state index in [-0.39, 0.29) is 24.0 Å². The SMILES string of the molecule is CCN(CC)CCCCNC(=NC)NC1CC2CCC1O2.I. The monoisotopic (exact) mass is 424 g/mol. The first kappa shape index (κ1) is 20.0. The Bertz CT molecular complexity index is 336. The van der Waals surface area contributed by atoms with Crippen molar-refractivity contribution in [3.8, 4) is 0 Å². The van der Waals surface area contributed by atoms with E-state index in [1.807, 2.05) is 7.05 Å². The number of unbranched alkanes of at least 4 members (excludes halogenated alkanes) is 1. The Morgan fingerprint density at radius 2 is 2.00 bits per heavy atom. The molecule has 0 aromatic heterocycles. The van der Waals surface area contributed by atoms with Crippen LogP contribution in [0, 0.1) is 0 Å². The molecule has 2 rings (SSSR count). The lowest BCUT2D eigenvalue weighted by Crippen LogP contribution is -2.47. The summed E-state index contributed by atoms with van der Waals surface area (Å²) in [6.07, 6.45) is 6.88. The van der Waals surface area contributed by atoms with Gasteiger partial charge in [0.1, 0.15) is 0 Å². The summed E-state index contributed by atoms with van der Waals surface area (Å²) in [5.41, 5.74) is 0. The molecule has 130 valence electrons. The van der Waals surface area contributed by atoms with Crippen LogP contribution in [0.1, 0.15) is 46.0 Å². The third-order valence-electron chi connectivity index (χ3n) is 4.74. The highest BCUT2D eigenvalue weighted by molar-refractivity contribution is 14.0. The predicted octanol–water partition coefficient (Wildman–Crippen LogP) is 2.21. The van der Waals surface area contributed by atoms with Crippen molar-refractivity contribution >= 4 is 29.9 Å². The number of ether oxygens (including phenoxy) is 1. The van der Waals surface area contributed by atoms with Crippen LogP contribution >= 0.6 is 24.0 Å². The van der Waals surface area contributed by atoms with Crippen LogP contribution in [0.4, 0.5) is 0 Å². The fourth-order valence-corrected chi connectivity index (χ4v) is 3.37. The molecule has 0 spiro atoms. The third-order valence-corrected chi connectivity index (χ3v) is 4.74. The van der Waals surface area contributed by atoms with Gasteiger partial charge in [0, 0.05) is 13.6 Å². The fourth-order valence-electron chi connectivity index (χ4n) is 3.37. The van der Waals surface area contributed by atoms with Gasteiger partial charge in [-0.25, -0.2) is 0 Å². The molecule has 2 N–H and O–H groups in total. The molecule has 5 nitrogen and oxygen atoms in total. The van der Waals surface area contributed by atoms with Crippen molar-refractivity contribution in [2.24, 2.45) is 4.99 Å². The first-order valence-corrected chi connectivity index (χ1v) is 8.61. The molecule has 0 amide bonds. The van der Waals surface area contributed by atoms with Gasteiger partial charge in [0.25, 0.3) is 0 Å². The summed E-state index contributed by atoms with van der Waals surface area (Å²) in [6, 6.07) is 0.450. The summed E-state index contributed by atoms with van der Waals surface area (Å²) in [5, 5.41) is 6.95. The van der Waals surface area contributed by atoms with Crippen molar-refractivity contribution in [2.45, 2.75) is 64.2 Å². The molecule has 0 saturated carbocycles. The molecule has 3 unspecified atom stereocenters. The summed E-state index contributed by atoms with van der Waals surface area (Å²) < 4.78 is 5.87. The van der Waals surface area contributed by atoms with Crippen LogP contribution in [0.25, 0.3) is 0 Å². The minimum absolute atomic E-state index is 0. The van der Waals surface area contributed by atoms with E-state index in [0.717, 1.165) is 32.0 Å². The van der Waals surface area contributed by atoms with Crippen molar-refractivity contribution in [1.29, 1.82) is 0 Å². The van der Waals surface area contributed by atoms with Crippen LogP contribution in [-0.4, -0.2) is 62.3 Å². The molecule has 2 heterocycles. The summed E-state index contributed by atoms with van der Waals surface area (Å²) in [5.74, 6) is 0.930. The average Bonchev–Trinajstić information content (AvgIpc) is 3.12. The lowest BCUT2D eigenvalue weighted by atomic mass is 9.96. The van der Waals surface area contributed by atoms with Crippen molar-refractivity contribution < 1.29 is 4.74 Å². The number of halogens is 1. The van der Waals surface area contributed by atoms with Gasteiger partial charge in [-0.15, -0.1) is 24.0 Å². The molecule has 2 aliphatic rings. The minimum Gasteiger partial charge on any atom is -0.373 e. The van der Waals surface area contributed by atoms with Gasteiger partial charge in [0.2, 0.25) is 0 Å². The molecule has 2 fully saturated rings. The summed E-state index contributed by atoms with van der Waals surface area (Å²) in [6.45, 7) is 8.94. The average molecular weight is 424 g/mol. The van der Waals surface area contributed by atoms with Crippen molar-refractivity contribution in [1.82, 2.24) is 15.5 Å². The van der Waals surface area contributed by atoms with Crippen LogP contribution in [0.5, 0.6) is 0 Å². The van der Waals surface area contributed by atoms with Crippen LogP contribution in [-0.2, 0) is 4.74 Å². The molecule has 0 aromatic carbocycles. The summed E-state index contributed by atoms with van der Waals surface area (Å²) in [4.78, 5) is 6.80. The van der Waals surface area contributed by atoms with Crippen molar-refractivity contribution in [2.75, 3.05) is 33.2 Å². The quantitative estimate of drug-likeness (QED) is 0.272. The molecular weight excluding hydrogens is 391 g/mol. The van der Waals surface area contributed by atoms with E-state index in [9.17, 15) is 0 Å². The first-order chi connectivity index (χ1) is 10.3. The Morgan fingerprint density at radius 1 is 1.23 bits per heavy atom. The number of aliphatic imine (C=N–C) groups is 1. The Morgan fingerprint density at radius 3 is 2.55 bits per heavy atom. The number of guanidine groups is 1. The van der Waals surface area contributed by atoms with Crippen molar-refractivity contribution in [3.63, 3.8) is 0 Å². The Kier molecular flexibility index (Phi) is 9.66. The molecule has 3 atom stereocenters. The van der Waals surface area contributed by atoms with Gasteiger partial charge in [-0.3, -0.25) is 4.99 Å². The van der Waals surface area contributed by atoms with Gasteiger partial charge < -0.3 is 20.3 Å². The zero-order valence-electron chi connectivity index (χ0n) is 14.3. The van der Waals surface area contributed by atoms with E-state index in [2.05, 4.69) is 34.4 Å². The van der Waals surface area contributed by atoms with E-state index in [0.29, 0.717) is 18.2 Å². The van der Waals surface area contributed by atoms with Gasteiger partial charge in [0.05, 0.1) is 18.2 Å². The second-order valence-electron chi connectivity index (χ2n) is 6.09. The number of rotatable bonds is 8. The van der Waals surface area contributed by atoms with Crippen LogP contribution in [0.15, 0.2) is 4.99 Å². The van der Waals surface area contributed by atoms with Gasteiger partial charge in [-0.1, -0.05) is 13.8 Å². The van der Waals surface area contributed by atoms with E-state index in [4.69, 9.17) is 4.74 Å². The Balaban J connectivity index is 0.00000242. The molecular formula is C16H33IN4O. The number of nitrogens with zero attached hydrogens (tertiary/aromatic N) is 2. The maximum Gasteiger partial charge on any atom is 0.191 e. The lowest BCUT2D eigenvalue weighted by Gasteiger charge is -2.23. The smallest absolute Gasteiger partial charge is 0.191 e. The van der Waals surface area contributed by atoms with E-state index >= 15 is 0 Å². The minimum atomic E-state index is 0. The number of fused-ring (bicyclic) bond motifs is 2. The molecule has 0 aliphatic carbocycles. The van der Waals surface area contributed by atoms with E-state index < -0.39 is 0 Å². The summed E-state index contributed by atoms with van der Waals surface area (Å²) >= 11 is 0. The largest absolute Gasteiger partial charge is 0.373 e. The zero-order chi connectivity index (χ0) is 15.1. The molecule has 0 aromatic rings. The zero-order valence-corrected chi connectivity index (χ0v) is 16.6. The molecule has 0 radical (unpaired) electrons. The van der Waals surface area contributed by atoms with E-state index in [1.54, 1.807) is 0 Å². The lowest BCUT2D eigenvalue weighted by molar-refractivity contribution is 0.0992. The highest BCUT2D eigenvalue weighted by Gasteiger charge is 2.40. The van der Waals surface area contributed by atoms with Crippen LogP contribution in [0.2, 0.25) is 0 Å². The fraction of sp³-hybridized carbons (Fsp3) is 0.938. The molecule has 2 saturated heterocycles. The first-order valence-electron chi connectivity index (χ1n) is 8.61. The third kappa shape index (κ3) is 5.85. The van der Waals surface area contributed by atoms with E-state index in [1.165, 1.54) is 32.2 Å². The second kappa shape index (κ2) is 10.6. The number of hydrogen-bond acceptors (Lipinski definition) is 3. The normalized spacial score (nSPS) is 27.1. The van der Waals surface area contributed by atoms with Gasteiger partial charge in [-0.2, -0.15) is 0 Å². The highest BCUT2D eigenvalue weighted by Crippen LogP contribution is 2.34. The second-order valence-corrected chi connectivity index (χ2v) is 6.09. The van der Waals surface area contributed by atoms with Gasteiger partial charge >= 0.3 is 0 Å². The molecule has 2 bridgehead atoms. The Hall–Kier alpha value is -0.0800. The topological polar surface area (TPSA) is 48.9 Å². The summed E-state index contributed by atoms with van der Waals surface area (Å²) in [7, 11) is 1.85. The number of hydrogen-bond donors (Lipinski definition) is 2. The predicted molar refractivity (Wildman–Crippen MR) is 103 cm³/mol. The molecule has 6 heteroatoms. The maximum absolute atomic E-state index is 5.87. The molecule has 22 heavy (non-hydrogen) atoms. The number of nitrogens with one attached hydrogen (secondary N) is 2. The van der Waals surface area contributed by atoms with Gasteiger partial charge in [-0.05, 0) is 51.7 Å². The van der Waals surface area contributed by atoms with Gasteiger partial charge in [0.15, 0.2) is 5.96 Å². The molecule has 2 aliphatic heterocycles. The highest BCUT2D eigenvalue weighted by atomic mass is 127.